The molecule has 0 saturated carbocycles. The highest BCUT2D eigenvalue weighted by atomic mass is 32.2. The maximum Gasteiger partial charge on any atom is 0.255 e. The summed E-state index contributed by atoms with van der Waals surface area (Å²) < 4.78 is 38.5. The Labute approximate surface area is 140 Å². The zero-order valence-corrected chi connectivity index (χ0v) is 14.2. The number of sulfonamides is 1. The summed E-state index contributed by atoms with van der Waals surface area (Å²) in [5, 5.41) is 2.67. The van der Waals surface area contributed by atoms with Crippen LogP contribution in [-0.4, -0.2) is 27.1 Å². The lowest BCUT2D eigenvalue weighted by atomic mass is 10.1. The van der Waals surface area contributed by atoms with Crippen LogP contribution >= 0.6 is 0 Å². The third-order valence-corrected chi connectivity index (χ3v) is 5.30. The zero-order valence-electron chi connectivity index (χ0n) is 13.3. The largest absolute Gasteiger partial charge is 0.322 e. The third-order valence-electron chi connectivity index (χ3n) is 4.12. The molecule has 24 heavy (non-hydrogen) atoms. The Morgan fingerprint density at radius 2 is 2.00 bits per heavy atom. The van der Waals surface area contributed by atoms with Crippen molar-refractivity contribution in [1.82, 2.24) is 0 Å². The van der Waals surface area contributed by atoms with Crippen molar-refractivity contribution in [3.63, 3.8) is 0 Å². The van der Waals surface area contributed by atoms with E-state index in [4.69, 9.17) is 0 Å². The minimum atomic E-state index is -3.38. The van der Waals surface area contributed by atoms with Gasteiger partial charge < -0.3 is 5.32 Å². The molecule has 1 aliphatic rings. The number of benzene rings is 2. The topological polar surface area (TPSA) is 66.5 Å². The van der Waals surface area contributed by atoms with Crippen molar-refractivity contribution < 1.29 is 17.6 Å². The fourth-order valence-corrected chi connectivity index (χ4v) is 3.72. The van der Waals surface area contributed by atoms with Gasteiger partial charge in [0.25, 0.3) is 5.91 Å². The number of nitrogens with one attached hydrogen (secondary N) is 1. The van der Waals surface area contributed by atoms with Crippen molar-refractivity contribution in [2.45, 2.75) is 13.3 Å². The Kier molecular flexibility index (Phi) is 4.04. The number of rotatable bonds is 3. The number of halogens is 1. The van der Waals surface area contributed by atoms with Crippen molar-refractivity contribution in [2.24, 2.45) is 0 Å². The molecule has 0 aliphatic carbocycles. The molecule has 126 valence electrons. The van der Waals surface area contributed by atoms with Gasteiger partial charge in [0, 0.05) is 23.4 Å². The molecule has 0 radical (unpaired) electrons. The van der Waals surface area contributed by atoms with Crippen LogP contribution in [0.25, 0.3) is 0 Å². The maximum atomic E-state index is 13.6. The molecule has 2 aromatic carbocycles. The van der Waals surface area contributed by atoms with Crippen LogP contribution in [0.3, 0.4) is 0 Å². The van der Waals surface area contributed by atoms with E-state index in [1.807, 2.05) is 0 Å². The normalized spacial score (nSPS) is 13.7. The average Bonchev–Trinajstić information content (AvgIpc) is 2.95. The zero-order chi connectivity index (χ0) is 17.5. The van der Waals surface area contributed by atoms with Gasteiger partial charge in [0.05, 0.1) is 11.9 Å². The van der Waals surface area contributed by atoms with E-state index in [2.05, 4.69) is 5.32 Å². The summed E-state index contributed by atoms with van der Waals surface area (Å²) in [5.74, 6) is -0.808. The van der Waals surface area contributed by atoms with Gasteiger partial charge in [0.15, 0.2) is 0 Å². The number of hydrogen-bond donors (Lipinski definition) is 1. The standard InChI is InChI=1S/C17H17FN2O3S/c1-11-14(18)4-3-5-15(11)19-17(21)13-7-6-12-8-9-20(16(12)10-13)24(2,22)23/h3-7,10H,8-9H2,1-2H3,(H,19,21). The van der Waals surface area contributed by atoms with Crippen LogP contribution in [0.2, 0.25) is 0 Å². The Balaban J connectivity index is 1.91. The molecular formula is C17H17FN2O3S. The maximum absolute atomic E-state index is 13.6. The van der Waals surface area contributed by atoms with Gasteiger partial charge in [-0.05, 0) is 43.2 Å². The van der Waals surface area contributed by atoms with Gasteiger partial charge in [-0.25, -0.2) is 12.8 Å². The lowest BCUT2D eigenvalue weighted by Gasteiger charge is -2.17. The Hall–Kier alpha value is -2.41. The molecule has 7 heteroatoms. The predicted octanol–water partition coefficient (Wildman–Crippen LogP) is 2.71. The van der Waals surface area contributed by atoms with E-state index in [1.54, 1.807) is 31.2 Å². The van der Waals surface area contributed by atoms with Crippen molar-refractivity contribution in [3.8, 4) is 0 Å². The van der Waals surface area contributed by atoms with Crippen molar-refractivity contribution in [3.05, 3.63) is 58.9 Å². The summed E-state index contributed by atoms with van der Waals surface area (Å²) >= 11 is 0. The van der Waals surface area contributed by atoms with Crippen LogP contribution in [0.5, 0.6) is 0 Å². The van der Waals surface area contributed by atoms with E-state index < -0.39 is 21.7 Å². The number of carbonyl (C=O) groups is 1. The summed E-state index contributed by atoms with van der Waals surface area (Å²) in [4.78, 5) is 12.4. The van der Waals surface area contributed by atoms with E-state index in [0.717, 1.165) is 11.8 Å². The first-order valence-corrected chi connectivity index (χ1v) is 9.29. The first-order valence-electron chi connectivity index (χ1n) is 7.44. The lowest BCUT2D eigenvalue weighted by Crippen LogP contribution is -2.27. The molecule has 2 aromatic rings. The van der Waals surface area contributed by atoms with Crippen molar-refractivity contribution in [2.75, 3.05) is 22.4 Å². The minimum Gasteiger partial charge on any atom is -0.322 e. The van der Waals surface area contributed by atoms with E-state index in [1.165, 1.54) is 16.4 Å². The first-order chi connectivity index (χ1) is 11.3. The number of amides is 1. The summed E-state index contributed by atoms with van der Waals surface area (Å²) in [6, 6.07) is 9.43. The second-order valence-electron chi connectivity index (χ2n) is 5.80. The molecule has 1 N–H and O–H groups in total. The Morgan fingerprint density at radius 3 is 2.71 bits per heavy atom. The van der Waals surface area contributed by atoms with Crippen LogP contribution in [-0.2, 0) is 16.4 Å². The molecule has 1 heterocycles. The molecule has 3 rings (SSSR count). The minimum absolute atomic E-state index is 0.327. The van der Waals surface area contributed by atoms with Gasteiger partial charge in [-0.1, -0.05) is 12.1 Å². The number of hydrogen-bond acceptors (Lipinski definition) is 3. The molecule has 0 fully saturated rings. The molecule has 0 aromatic heterocycles. The summed E-state index contributed by atoms with van der Waals surface area (Å²) in [6.07, 6.45) is 1.76. The number of carbonyl (C=O) groups excluding carboxylic acids is 1. The quantitative estimate of drug-likeness (QED) is 0.927. The van der Waals surface area contributed by atoms with Crippen molar-refractivity contribution >= 4 is 27.3 Å². The highest BCUT2D eigenvalue weighted by molar-refractivity contribution is 7.92. The van der Waals surface area contributed by atoms with Crippen LogP contribution in [0.4, 0.5) is 15.8 Å². The van der Waals surface area contributed by atoms with Crippen LogP contribution in [0, 0.1) is 12.7 Å². The first kappa shape index (κ1) is 16.4. The fraction of sp³-hybridized carbons (Fsp3) is 0.235. The molecule has 0 spiro atoms. The Morgan fingerprint density at radius 1 is 1.25 bits per heavy atom. The van der Waals surface area contributed by atoms with Gasteiger partial charge in [-0.15, -0.1) is 0 Å². The van der Waals surface area contributed by atoms with Crippen molar-refractivity contribution in [1.29, 1.82) is 0 Å². The molecular weight excluding hydrogens is 331 g/mol. The highest BCUT2D eigenvalue weighted by Gasteiger charge is 2.27. The summed E-state index contributed by atoms with van der Waals surface area (Å²) in [6.45, 7) is 1.96. The summed E-state index contributed by atoms with van der Waals surface area (Å²) in [7, 11) is -3.38. The fourth-order valence-electron chi connectivity index (χ4n) is 2.77. The second-order valence-corrected chi connectivity index (χ2v) is 7.70. The number of nitrogens with zero attached hydrogens (tertiary/aromatic N) is 1. The highest BCUT2D eigenvalue weighted by Crippen LogP contribution is 2.31. The van der Waals surface area contributed by atoms with Gasteiger partial charge in [-0.3, -0.25) is 9.10 Å². The van der Waals surface area contributed by atoms with Gasteiger partial charge in [-0.2, -0.15) is 0 Å². The van der Waals surface area contributed by atoms with Gasteiger partial charge in [0.1, 0.15) is 5.82 Å². The molecule has 0 unspecified atom stereocenters. The molecule has 1 amide bonds. The molecule has 0 saturated heterocycles. The van der Waals surface area contributed by atoms with Gasteiger partial charge >= 0.3 is 0 Å². The number of anilines is 2. The van der Waals surface area contributed by atoms with E-state index in [0.29, 0.717) is 35.5 Å². The third kappa shape index (κ3) is 2.99. The molecule has 1 aliphatic heterocycles. The van der Waals surface area contributed by atoms with Crippen LogP contribution in [0.15, 0.2) is 36.4 Å². The monoisotopic (exact) mass is 348 g/mol. The van der Waals surface area contributed by atoms with Crippen LogP contribution < -0.4 is 9.62 Å². The van der Waals surface area contributed by atoms with Gasteiger partial charge in [0.2, 0.25) is 10.0 Å². The second kappa shape index (κ2) is 5.90. The molecule has 0 atom stereocenters. The number of fused-ring (bicyclic) bond motifs is 1. The van der Waals surface area contributed by atoms with E-state index in [9.17, 15) is 17.6 Å². The smallest absolute Gasteiger partial charge is 0.255 e. The average molecular weight is 348 g/mol. The summed E-state index contributed by atoms with van der Waals surface area (Å²) in [5.41, 5.74) is 2.48. The SMILES string of the molecule is Cc1c(F)cccc1NC(=O)c1ccc2c(c1)N(S(C)(=O)=O)CC2. The lowest BCUT2D eigenvalue weighted by molar-refractivity contribution is 0.102. The Bertz CT molecular complexity index is 925. The van der Waals surface area contributed by atoms with E-state index in [-0.39, 0.29) is 0 Å². The van der Waals surface area contributed by atoms with E-state index >= 15 is 0 Å². The van der Waals surface area contributed by atoms with Crippen LogP contribution in [0.1, 0.15) is 21.5 Å². The molecule has 5 nitrogen and oxygen atoms in total. The predicted molar refractivity (Wildman–Crippen MR) is 91.4 cm³/mol. The molecule has 0 bridgehead atoms.